The Morgan fingerprint density at radius 3 is 1.94 bits per heavy atom. The number of hydrogen-bond acceptors (Lipinski definition) is 12. The highest BCUT2D eigenvalue weighted by atomic mass is 16.5. The number of aryl methyl sites for hydroxylation is 1. The smallest absolute Gasteiger partial charge is 0.328 e. The molecule has 1 fully saturated rings. The number of carboxylic acid groups (broad SMARTS) is 1. The topological polar surface area (TPSA) is 308 Å². The van der Waals surface area contributed by atoms with Crippen molar-refractivity contribution in [2.24, 2.45) is 5.92 Å². The van der Waals surface area contributed by atoms with Gasteiger partial charge in [0.15, 0.2) is 0 Å². The first-order chi connectivity index (χ1) is 31.6. The summed E-state index contributed by atoms with van der Waals surface area (Å²) in [5, 5.41) is 46.7. The zero-order valence-corrected chi connectivity index (χ0v) is 38.8. The number of amides is 7. The Balaban J connectivity index is 2.06. The molecule has 364 valence electrons. The van der Waals surface area contributed by atoms with Gasteiger partial charge in [-0.05, 0) is 102 Å². The van der Waals surface area contributed by atoms with Gasteiger partial charge >= 0.3 is 11.9 Å². The fraction of sp³-hybridized carbons (Fsp3) is 0.468. The van der Waals surface area contributed by atoms with E-state index in [1.165, 1.54) is 69.3 Å². The number of carboxylic acids is 1. The lowest BCUT2D eigenvalue weighted by atomic mass is 10.00. The number of phenols is 2. The van der Waals surface area contributed by atoms with Crippen LogP contribution in [0.4, 0.5) is 0 Å². The van der Waals surface area contributed by atoms with Crippen molar-refractivity contribution in [2.45, 2.75) is 136 Å². The number of esters is 1. The van der Waals surface area contributed by atoms with E-state index in [0.717, 1.165) is 5.56 Å². The van der Waals surface area contributed by atoms with Crippen LogP contribution in [-0.4, -0.2) is 111 Å². The molecule has 0 spiro atoms. The summed E-state index contributed by atoms with van der Waals surface area (Å²) in [6.07, 6.45) is 1.14. The van der Waals surface area contributed by atoms with Gasteiger partial charge in [0.2, 0.25) is 35.4 Å². The van der Waals surface area contributed by atoms with Crippen LogP contribution in [0, 0.1) is 5.92 Å². The van der Waals surface area contributed by atoms with Crippen LogP contribution in [-0.2, 0) is 60.7 Å². The second-order valence-corrected chi connectivity index (χ2v) is 16.9. The summed E-state index contributed by atoms with van der Waals surface area (Å²) >= 11 is 0. The molecular formula is C47H63N7O13. The van der Waals surface area contributed by atoms with Crippen molar-refractivity contribution in [3.05, 3.63) is 83.1 Å². The lowest BCUT2D eigenvalue weighted by Gasteiger charge is -2.30. The Hall–Kier alpha value is -7.25. The summed E-state index contributed by atoms with van der Waals surface area (Å²) < 4.78 is 5.80. The molecule has 1 aliphatic heterocycles. The number of ether oxygens (including phenoxy) is 1. The summed E-state index contributed by atoms with van der Waals surface area (Å²) in [5.74, 6) is -8.89. The van der Waals surface area contributed by atoms with Crippen molar-refractivity contribution in [3.8, 4) is 11.5 Å². The maximum atomic E-state index is 14.4. The van der Waals surface area contributed by atoms with Crippen molar-refractivity contribution in [1.29, 1.82) is 0 Å². The number of cyclic esters (lactones) is 1. The normalized spacial score (nSPS) is 21.0. The highest BCUT2D eigenvalue weighted by molar-refractivity contribution is 6.02. The molecule has 1 aliphatic rings. The quantitative estimate of drug-likeness (QED) is 0.0611. The number of carbonyl (C=O) groups is 9. The number of nitrogens with one attached hydrogen (secondary N) is 7. The molecule has 20 nitrogen and oxygen atoms in total. The second-order valence-electron chi connectivity index (χ2n) is 16.9. The van der Waals surface area contributed by atoms with Crippen LogP contribution in [0.25, 0.3) is 0 Å². The number of allylic oxidation sites excluding steroid dienone is 2. The first kappa shape index (κ1) is 54.1. The summed E-state index contributed by atoms with van der Waals surface area (Å²) in [6, 6.07) is 3.57. The number of aliphatic carboxylic acids is 1. The van der Waals surface area contributed by atoms with Crippen molar-refractivity contribution in [2.75, 3.05) is 0 Å². The van der Waals surface area contributed by atoms with Gasteiger partial charge in [-0.1, -0.05) is 56.2 Å². The zero-order chi connectivity index (χ0) is 50.0. The average Bonchev–Trinajstić information content (AvgIpc) is 3.25. The highest BCUT2D eigenvalue weighted by Crippen LogP contribution is 2.17. The molecule has 1 heterocycles. The summed E-state index contributed by atoms with van der Waals surface area (Å²) in [4.78, 5) is 121. The molecule has 2 aromatic rings. The minimum atomic E-state index is -1.77. The molecule has 20 heteroatoms. The first-order valence-electron chi connectivity index (χ1n) is 22.0. The lowest BCUT2D eigenvalue weighted by molar-refractivity contribution is -0.156. The van der Waals surface area contributed by atoms with E-state index in [9.17, 15) is 58.5 Å². The summed E-state index contributed by atoms with van der Waals surface area (Å²) in [7, 11) is 0. The van der Waals surface area contributed by atoms with E-state index in [-0.39, 0.29) is 30.0 Å². The SMILES string of the molecule is CC=C1NC(=O)C(C)NC(=O)C(NC(=O)C(Cc2ccc(O)cc2)NC(=O)C(NC(=O)C=C(C)C)C(C)C)C(C)OC(=O)C(CCCCc2ccc(O)cc2)NC(=O)C(CCC(=O)O)NC1=O. The molecule has 7 amide bonds. The molecule has 7 atom stereocenters. The van der Waals surface area contributed by atoms with E-state index in [1.807, 2.05) is 0 Å². The van der Waals surface area contributed by atoms with Gasteiger partial charge in [0.05, 0.1) is 0 Å². The van der Waals surface area contributed by atoms with Crippen LogP contribution in [0.15, 0.2) is 72.0 Å². The van der Waals surface area contributed by atoms with Gasteiger partial charge in [0.25, 0.3) is 5.91 Å². The van der Waals surface area contributed by atoms with E-state index < -0.39 is 114 Å². The lowest BCUT2D eigenvalue weighted by Crippen LogP contribution is -2.62. The Morgan fingerprint density at radius 1 is 0.761 bits per heavy atom. The van der Waals surface area contributed by atoms with Crippen molar-refractivity contribution in [1.82, 2.24) is 37.2 Å². The molecule has 1 saturated heterocycles. The third-order valence-corrected chi connectivity index (χ3v) is 10.6. The largest absolute Gasteiger partial charge is 0.508 e. The molecule has 2 aromatic carbocycles. The van der Waals surface area contributed by atoms with Gasteiger partial charge in [-0.15, -0.1) is 0 Å². The van der Waals surface area contributed by atoms with Crippen LogP contribution in [0.2, 0.25) is 0 Å². The number of benzene rings is 2. The number of carbonyl (C=O) groups excluding carboxylic acids is 8. The fourth-order valence-electron chi connectivity index (χ4n) is 6.82. The predicted octanol–water partition coefficient (Wildman–Crippen LogP) is 1.43. The van der Waals surface area contributed by atoms with Crippen LogP contribution in [0.3, 0.4) is 0 Å². The molecule has 3 rings (SSSR count). The number of phenolic OH excluding ortho intramolecular Hbond substituents is 2. The van der Waals surface area contributed by atoms with Crippen LogP contribution in [0.5, 0.6) is 11.5 Å². The number of rotatable bonds is 17. The van der Waals surface area contributed by atoms with E-state index in [1.54, 1.807) is 39.8 Å². The molecular weight excluding hydrogens is 871 g/mol. The van der Waals surface area contributed by atoms with Gasteiger partial charge in [-0.3, -0.25) is 38.4 Å². The number of unbranched alkanes of at least 4 members (excludes halogenated alkanes) is 1. The van der Waals surface area contributed by atoms with Crippen molar-refractivity contribution in [3.63, 3.8) is 0 Å². The maximum absolute atomic E-state index is 14.4. The summed E-state index contributed by atoms with van der Waals surface area (Å²) in [5.41, 5.74) is 1.67. The molecule has 67 heavy (non-hydrogen) atoms. The summed E-state index contributed by atoms with van der Waals surface area (Å²) in [6.45, 7) is 10.8. The van der Waals surface area contributed by atoms with Gasteiger partial charge in [0.1, 0.15) is 59.6 Å². The maximum Gasteiger partial charge on any atom is 0.328 e. The molecule has 0 radical (unpaired) electrons. The Kier molecular flexibility index (Phi) is 21.0. The zero-order valence-electron chi connectivity index (χ0n) is 38.8. The minimum absolute atomic E-state index is 0.0344. The van der Waals surface area contributed by atoms with Gasteiger partial charge in [0, 0.05) is 18.9 Å². The molecule has 0 saturated carbocycles. The number of hydrogen-bond donors (Lipinski definition) is 10. The predicted molar refractivity (Wildman–Crippen MR) is 243 cm³/mol. The molecule has 0 aromatic heterocycles. The highest BCUT2D eigenvalue weighted by Gasteiger charge is 2.38. The minimum Gasteiger partial charge on any atom is -0.508 e. The van der Waals surface area contributed by atoms with E-state index in [0.29, 0.717) is 30.4 Å². The molecule has 0 bridgehead atoms. The first-order valence-corrected chi connectivity index (χ1v) is 22.0. The molecule has 10 N–H and O–H groups in total. The average molecular weight is 934 g/mol. The molecule has 0 aliphatic carbocycles. The standard InChI is InChI=1S/C47H63N7O13/c1-8-33-42(61)50-34(21-22-38(58)59)43(62)51-35(12-10-9-11-29-13-17-31(55)18-14-29)47(66)67-28(7)40(46(65)48-27(6)41(60)49-33)54-44(63)36(24-30-15-19-32(56)20-16-30)52-45(64)39(26(4)5)53-37(57)23-25(2)3/h8,13-20,23,26-28,34-36,39-40,55-56H,9-12,21-22,24H2,1-7H3,(H,48,65)(H,49,60)(H,50,61)(H,51,62)(H,52,64)(H,53,57)(H,54,63)(H,58,59). The third-order valence-electron chi connectivity index (χ3n) is 10.6. The van der Waals surface area contributed by atoms with E-state index in [4.69, 9.17) is 4.74 Å². The van der Waals surface area contributed by atoms with Gasteiger partial charge in [-0.2, -0.15) is 0 Å². The van der Waals surface area contributed by atoms with Crippen LogP contribution >= 0.6 is 0 Å². The second kappa shape index (κ2) is 26.0. The van der Waals surface area contributed by atoms with E-state index >= 15 is 0 Å². The Labute approximate surface area is 389 Å². The van der Waals surface area contributed by atoms with Crippen molar-refractivity contribution < 1.29 is 63.2 Å². The Morgan fingerprint density at radius 2 is 1.37 bits per heavy atom. The molecule has 7 unspecified atom stereocenters. The number of aromatic hydroxyl groups is 2. The van der Waals surface area contributed by atoms with Crippen molar-refractivity contribution >= 4 is 53.3 Å². The van der Waals surface area contributed by atoms with Gasteiger partial charge in [-0.25, -0.2) is 4.79 Å². The fourth-order valence-corrected chi connectivity index (χ4v) is 6.82. The third kappa shape index (κ3) is 17.9. The van der Waals surface area contributed by atoms with Gasteiger partial charge < -0.3 is 57.3 Å². The Bertz CT molecular complexity index is 2170. The monoisotopic (exact) mass is 933 g/mol. The van der Waals surface area contributed by atoms with E-state index in [2.05, 4.69) is 37.2 Å². The van der Waals surface area contributed by atoms with Crippen LogP contribution in [0.1, 0.15) is 91.7 Å². The van der Waals surface area contributed by atoms with Crippen LogP contribution < -0.4 is 37.2 Å².